The molecule has 0 amide bonds. The Morgan fingerprint density at radius 1 is 1.15 bits per heavy atom. The Labute approximate surface area is 152 Å². The van der Waals surface area contributed by atoms with Crippen LogP contribution in [0.1, 0.15) is 36.9 Å². The molecule has 1 fully saturated rings. The highest BCUT2D eigenvalue weighted by atomic mass is 16.3. The van der Waals surface area contributed by atoms with Crippen molar-refractivity contribution < 1.29 is 5.11 Å². The van der Waals surface area contributed by atoms with Crippen LogP contribution < -0.4 is 5.43 Å². The molecule has 1 N–H and O–H groups in total. The van der Waals surface area contributed by atoms with Gasteiger partial charge in [-0.05, 0) is 24.0 Å². The molecule has 3 nitrogen and oxygen atoms in total. The van der Waals surface area contributed by atoms with Gasteiger partial charge in [-0.25, -0.2) is 0 Å². The second-order valence-electron chi connectivity index (χ2n) is 7.00. The van der Waals surface area contributed by atoms with Crippen molar-refractivity contribution in [3.8, 4) is 5.75 Å². The van der Waals surface area contributed by atoms with Gasteiger partial charge in [-0.2, -0.15) is 0 Å². The topological polar surface area (TPSA) is 42.2 Å². The quantitative estimate of drug-likeness (QED) is 0.829. The first-order valence-electron chi connectivity index (χ1n) is 9.14. The van der Waals surface area contributed by atoms with E-state index in [0.29, 0.717) is 5.92 Å². The summed E-state index contributed by atoms with van der Waals surface area (Å²) in [5.74, 6) is 0.382. The molecular weight excluding hydrogens is 322 g/mol. The molecule has 0 unspecified atom stereocenters. The molecule has 0 spiro atoms. The highest BCUT2D eigenvalue weighted by molar-refractivity contribution is 5.83. The second-order valence-corrected chi connectivity index (χ2v) is 7.00. The molecular formula is C23H21NO2. The van der Waals surface area contributed by atoms with Crippen LogP contribution in [0.4, 0.5) is 0 Å². The molecule has 0 radical (unpaired) electrons. The van der Waals surface area contributed by atoms with E-state index in [2.05, 4.69) is 11.5 Å². The van der Waals surface area contributed by atoms with E-state index in [1.165, 1.54) is 31.9 Å². The van der Waals surface area contributed by atoms with Gasteiger partial charge in [0.2, 0.25) is 5.43 Å². The van der Waals surface area contributed by atoms with Gasteiger partial charge in [0.1, 0.15) is 0 Å². The van der Waals surface area contributed by atoms with E-state index >= 15 is 0 Å². The maximum absolute atomic E-state index is 12.0. The number of rotatable bonds is 4. The van der Waals surface area contributed by atoms with Gasteiger partial charge in [0.05, 0.1) is 11.9 Å². The van der Waals surface area contributed by atoms with Crippen LogP contribution in [0, 0.1) is 5.92 Å². The summed E-state index contributed by atoms with van der Waals surface area (Å²) in [5.41, 5.74) is 9.74. The summed E-state index contributed by atoms with van der Waals surface area (Å²) >= 11 is 0. The molecule has 2 aliphatic carbocycles. The smallest absolute Gasteiger partial charge is 0.223 e. The lowest BCUT2D eigenvalue weighted by atomic mass is 10.00. The van der Waals surface area contributed by atoms with Crippen LogP contribution >= 0.6 is 0 Å². The second kappa shape index (κ2) is 7.09. The summed E-state index contributed by atoms with van der Waals surface area (Å²) in [6.45, 7) is 0. The average molecular weight is 343 g/mol. The van der Waals surface area contributed by atoms with Crippen molar-refractivity contribution in [2.75, 3.05) is 0 Å². The number of aromatic hydroxyl groups is 1. The SMILES string of the molecule is O=c1cc(CC2CCCC2)n(C2=CC(c3ccccc3)=C=C=C2)cc1O. The maximum atomic E-state index is 12.0. The first-order valence-corrected chi connectivity index (χ1v) is 9.14. The van der Waals surface area contributed by atoms with E-state index in [9.17, 15) is 9.90 Å². The molecule has 1 saturated carbocycles. The molecule has 26 heavy (non-hydrogen) atoms. The minimum atomic E-state index is -0.316. The minimum absolute atomic E-state index is 0.228. The third kappa shape index (κ3) is 3.36. The zero-order chi connectivity index (χ0) is 17.9. The lowest BCUT2D eigenvalue weighted by molar-refractivity contribution is 0.462. The summed E-state index contributed by atoms with van der Waals surface area (Å²) < 4.78 is 1.92. The summed E-state index contributed by atoms with van der Waals surface area (Å²) in [6, 6.07) is 11.6. The number of benzene rings is 1. The Hall–Kier alpha value is -2.99. The minimum Gasteiger partial charge on any atom is -0.503 e. The van der Waals surface area contributed by atoms with Crippen LogP contribution in [-0.4, -0.2) is 9.67 Å². The number of allylic oxidation sites excluding steroid dienone is 4. The largest absolute Gasteiger partial charge is 0.503 e. The standard InChI is InChI=1S/C23H21NO2/c25-22-15-21(13-17-7-4-5-8-17)24(16-23(22)26)20-12-6-11-19(14-20)18-9-2-1-3-10-18/h1-3,9-10,12,14-17,26H,4-5,7-8,13H2. The number of nitrogens with zero attached hydrogens (tertiary/aromatic N) is 1. The number of hydrogen-bond acceptors (Lipinski definition) is 2. The van der Waals surface area contributed by atoms with Crippen LogP contribution in [0.5, 0.6) is 5.75 Å². The highest BCUT2D eigenvalue weighted by Crippen LogP contribution is 2.29. The van der Waals surface area contributed by atoms with E-state index in [0.717, 1.165) is 28.9 Å². The predicted octanol–water partition coefficient (Wildman–Crippen LogP) is 4.53. The monoisotopic (exact) mass is 343 g/mol. The Balaban J connectivity index is 1.74. The Kier molecular flexibility index (Phi) is 4.50. The van der Waals surface area contributed by atoms with Gasteiger partial charge in [-0.3, -0.25) is 4.79 Å². The van der Waals surface area contributed by atoms with Gasteiger partial charge in [-0.15, -0.1) is 0 Å². The van der Waals surface area contributed by atoms with E-state index < -0.39 is 0 Å². The van der Waals surface area contributed by atoms with E-state index in [4.69, 9.17) is 0 Å². The molecule has 2 aromatic rings. The zero-order valence-corrected chi connectivity index (χ0v) is 14.6. The van der Waals surface area contributed by atoms with Gasteiger partial charge in [-0.1, -0.05) is 67.5 Å². The van der Waals surface area contributed by atoms with Crippen molar-refractivity contribution in [3.63, 3.8) is 0 Å². The summed E-state index contributed by atoms with van der Waals surface area (Å²) in [4.78, 5) is 12.0. The van der Waals surface area contributed by atoms with Gasteiger partial charge in [0, 0.05) is 23.4 Å². The molecule has 1 aromatic heterocycles. The van der Waals surface area contributed by atoms with Crippen LogP contribution in [0.3, 0.4) is 0 Å². The molecule has 0 bridgehead atoms. The number of pyridine rings is 1. The Morgan fingerprint density at radius 3 is 2.69 bits per heavy atom. The number of aromatic nitrogens is 1. The molecule has 0 atom stereocenters. The molecule has 4 rings (SSSR count). The van der Waals surface area contributed by atoms with Crippen molar-refractivity contribution in [3.05, 3.63) is 87.7 Å². The summed E-state index contributed by atoms with van der Waals surface area (Å²) in [7, 11) is 0. The van der Waals surface area contributed by atoms with E-state index in [1.54, 1.807) is 6.07 Å². The predicted molar refractivity (Wildman–Crippen MR) is 104 cm³/mol. The molecule has 130 valence electrons. The lowest BCUT2D eigenvalue weighted by Gasteiger charge is -2.18. The fourth-order valence-electron chi connectivity index (χ4n) is 3.80. The van der Waals surface area contributed by atoms with Crippen LogP contribution in [0.2, 0.25) is 0 Å². The van der Waals surface area contributed by atoms with Gasteiger partial charge in [0.25, 0.3) is 0 Å². The van der Waals surface area contributed by atoms with Gasteiger partial charge < -0.3 is 9.67 Å². The summed E-state index contributed by atoms with van der Waals surface area (Å²) in [5, 5.41) is 9.98. The normalized spacial score (nSPS) is 16.6. The van der Waals surface area contributed by atoms with Gasteiger partial charge >= 0.3 is 0 Å². The summed E-state index contributed by atoms with van der Waals surface area (Å²) in [6.07, 6.45) is 11.2. The first kappa shape index (κ1) is 16.5. The number of hydrogen-bond donors (Lipinski definition) is 1. The van der Waals surface area contributed by atoms with Crippen molar-refractivity contribution in [2.24, 2.45) is 5.92 Å². The molecule has 2 aliphatic rings. The molecule has 0 aliphatic heterocycles. The third-order valence-electron chi connectivity index (χ3n) is 5.17. The fourth-order valence-corrected chi connectivity index (χ4v) is 3.80. The fraction of sp³-hybridized carbons (Fsp3) is 0.261. The Bertz CT molecular complexity index is 1010. The third-order valence-corrected chi connectivity index (χ3v) is 5.17. The van der Waals surface area contributed by atoms with Crippen molar-refractivity contribution >= 4 is 11.3 Å². The van der Waals surface area contributed by atoms with Crippen molar-refractivity contribution in [1.29, 1.82) is 0 Å². The first-order chi connectivity index (χ1) is 12.7. The van der Waals surface area contributed by atoms with Crippen LogP contribution in [0.25, 0.3) is 11.3 Å². The highest BCUT2D eigenvalue weighted by Gasteiger charge is 2.19. The molecule has 0 saturated heterocycles. The van der Waals surface area contributed by atoms with E-state index in [1.807, 2.05) is 47.1 Å². The van der Waals surface area contributed by atoms with Crippen molar-refractivity contribution in [2.45, 2.75) is 32.1 Å². The van der Waals surface area contributed by atoms with Gasteiger partial charge in [0.15, 0.2) is 5.75 Å². The zero-order valence-electron chi connectivity index (χ0n) is 14.6. The van der Waals surface area contributed by atoms with Crippen LogP contribution in [-0.2, 0) is 6.42 Å². The maximum Gasteiger partial charge on any atom is 0.223 e. The lowest BCUT2D eigenvalue weighted by Crippen LogP contribution is -2.14. The molecule has 1 heterocycles. The Morgan fingerprint density at radius 2 is 1.92 bits per heavy atom. The molecule has 1 aromatic carbocycles. The van der Waals surface area contributed by atoms with E-state index in [-0.39, 0.29) is 11.2 Å². The average Bonchev–Trinajstić information content (AvgIpc) is 3.18. The van der Waals surface area contributed by atoms with Crippen LogP contribution in [0.15, 0.2) is 71.0 Å². The van der Waals surface area contributed by atoms with Crippen molar-refractivity contribution in [1.82, 2.24) is 4.57 Å². The molecule has 3 heteroatoms.